The SMILES string of the molecule is CC(C)CCNC(=O)NC(=O)CN1C(=O)N[C@@](C)(c2ccc3c(c2)CCC3)C1=O. The average Bonchev–Trinajstić information content (AvgIpc) is 3.19. The third-order valence-electron chi connectivity index (χ3n) is 5.51. The number of urea groups is 2. The lowest BCUT2D eigenvalue weighted by Gasteiger charge is -2.23. The zero-order valence-corrected chi connectivity index (χ0v) is 17.1. The Kier molecular flexibility index (Phi) is 5.91. The van der Waals surface area contributed by atoms with E-state index < -0.39 is 36.0 Å². The van der Waals surface area contributed by atoms with Crippen molar-refractivity contribution in [2.24, 2.45) is 5.92 Å². The van der Waals surface area contributed by atoms with E-state index in [0.29, 0.717) is 18.0 Å². The monoisotopic (exact) mass is 400 g/mol. The van der Waals surface area contributed by atoms with Gasteiger partial charge < -0.3 is 10.6 Å². The molecule has 3 N–H and O–H groups in total. The summed E-state index contributed by atoms with van der Waals surface area (Å²) < 4.78 is 0. The van der Waals surface area contributed by atoms with Crippen LogP contribution in [0.15, 0.2) is 18.2 Å². The fourth-order valence-electron chi connectivity index (χ4n) is 3.75. The van der Waals surface area contributed by atoms with Crippen LogP contribution in [0.5, 0.6) is 0 Å². The summed E-state index contributed by atoms with van der Waals surface area (Å²) in [4.78, 5) is 50.1. The van der Waals surface area contributed by atoms with Crippen molar-refractivity contribution in [2.45, 2.75) is 52.0 Å². The molecule has 1 fully saturated rings. The zero-order valence-electron chi connectivity index (χ0n) is 17.1. The van der Waals surface area contributed by atoms with Crippen LogP contribution < -0.4 is 16.0 Å². The molecule has 2 aliphatic rings. The summed E-state index contributed by atoms with van der Waals surface area (Å²) in [5.41, 5.74) is 1.94. The summed E-state index contributed by atoms with van der Waals surface area (Å²) in [5.74, 6) is -0.793. The Morgan fingerprint density at radius 2 is 1.93 bits per heavy atom. The second kappa shape index (κ2) is 8.23. The number of carbonyl (C=O) groups excluding carboxylic acids is 4. The molecular formula is C21H28N4O4. The van der Waals surface area contributed by atoms with E-state index in [4.69, 9.17) is 0 Å². The van der Waals surface area contributed by atoms with Crippen LogP contribution in [0, 0.1) is 5.92 Å². The van der Waals surface area contributed by atoms with Crippen LogP contribution in [-0.2, 0) is 28.0 Å². The lowest BCUT2D eigenvalue weighted by Crippen LogP contribution is -2.47. The first-order valence-electron chi connectivity index (χ1n) is 10.0. The first kappa shape index (κ1) is 20.8. The minimum absolute atomic E-state index is 0.425. The molecule has 29 heavy (non-hydrogen) atoms. The molecule has 0 aromatic heterocycles. The van der Waals surface area contributed by atoms with Crippen LogP contribution in [0.4, 0.5) is 9.59 Å². The molecule has 8 nitrogen and oxygen atoms in total. The van der Waals surface area contributed by atoms with Gasteiger partial charge >= 0.3 is 12.1 Å². The Bertz CT molecular complexity index is 851. The Morgan fingerprint density at radius 3 is 2.66 bits per heavy atom. The molecule has 0 spiro atoms. The predicted octanol–water partition coefficient (Wildman–Crippen LogP) is 1.81. The van der Waals surface area contributed by atoms with Crippen molar-refractivity contribution in [3.63, 3.8) is 0 Å². The topological polar surface area (TPSA) is 108 Å². The molecule has 0 saturated carbocycles. The normalized spacial score (nSPS) is 20.6. The van der Waals surface area contributed by atoms with Crippen molar-refractivity contribution in [1.82, 2.24) is 20.9 Å². The quantitative estimate of drug-likeness (QED) is 0.633. The van der Waals surface area contributed by atoms with Gasteiger partial charge in [-0.15, -0.1) is 0 Å². The number of nitrogens with zero attached hydrogens (tertiary/aromatic N) is 1. The molecule has 1 aromatic carbocycles. The molecule has 1 aromatic rings. The summed E-state index contributed by atoms with van der Waals surface area (Å²) in [6, 6.07) is 4.54. The maximum absolute atomic E-state index is 13.0. The van der Waals surface area contributed by atoms with Gasteiger partial charge in [0.25, 0.3) is 5.91 Å². The van der Waals surface area contributed by atoms with Crippen molar-refractivity contribution >= 4 is 23.9 Å². The van der Waals surface area contributed by atoms with Gasteiger partial charge in [-0.2, -0.15) is 0 Å². The zero-order chi connectivity index (χ0) is 21.2. The summed E-state index contributed by atoms with van der Waals surface area (Å²) in [5, 5.41) is 7.44. The first-order valence-corrected chi connectivity index (χ1v) is 10.0. The molecule has 0 bridgehead atoms. The van der Waals surface area contributed by atoms with Crippen molar-refractivity contribution in [1.29, 1.82) is 0 Å². The van der Waals surface area contributed by atoms with Crippen LogP contribution in [0.2, 0.25) is 0 Å². The smallest absolute Gasteiger partial charge is 0.325 e. The molecule has 0 unspecified atom stereocenters. The van der Waals surface area contributed by atoms with Crippen molar-refractivity contribution in [2.75, 3.05) is 13.1 Å². The third-order valence-corrected chi connectivity index (χ3v) is 5.51. The number of imide groups is 2. The van der Waals surface area contributed by atoms with E-state index in [1.165, 1.54) is 11.1 Å². The van der Waals surface area contributed by atoms with E-state index in [0.717, 1.165) is 30.6 Å². The van der Waals surface area contributed by atoms with Gasteiger partial charge in [-0.1, -0.05) is 32.0 Å². The van der Waals surface area contributed by atoms with Crippen LogP contribution in [0.1, 0.15) is 50.3 Å². The van der Waals surface area contributed by atoms with Crippen LogP contribution in [0.25, 0.3) is 0 Å². The summed E-state index contributed by atoms with van der Waals surface area (Å²) >= 11 is 0. The second-order valence-electron chi connectivity index (χ2n) is 8.27. The number of amides is 6. The molecular weight excluding hydrogens is 372 g/mol. The average molecular weight is 400 g/mol. The van der Waals surface area contributed by atoms with Gasteiger partial charge in [-0.25, -0.2) is 9.59 Å². The fraction of sp³-hybridized carbons (Fsp3) is 0.524. The highest BCUT2D eigenvalue weighted by molar-refractivity contribution is 6.10. The van der Waals surface area contributed by atoms with Crippen molar-refractivity contribution in [3.8, 4) is 0 Å². The first-order chi connectivity index (χ1) is 13.7. The summed E-state index contributed by atoms with van der Waals surface area (Å²) in [6.07, 6.45) is 3.85. The number of nitrogens with one attached hydrogen (secondary N) is 3. The van der Waals surface area contributed by atoms with Gasteiger partial charge in [0.15, 0.2) is 0 Å². The van der Waals surface area contributed by atoms with Crippen molar-refractivity contribution in [3.05, 3.63) is 34.9 Å². The van der Waals surface area contributed by atoms with Crippen LogP contribution >= 0.6 is 0 Å². The number of benzene rings is 1. The lowest BCUT2D eigenvalue weighted by molar-refractivity contribution is -0.134. The summed E-state index contributed by atoms with van der Waals surface area (Å²) in [7, 11) is 0. The van der Waals surface area contributed by atoms with E-state index in [1.807, 2.05) is 32.0 Å². The van der Waals surface area contributed by atoms with E-state index in [9.17, 15) is 19.2 Å². The van der Waals surface area contributed by atoms with Gasteiger partial charge in [0.2, 0.25) is 5.91 Å². The summed E-state index contributed by atoms with van der Waals surface area (Å²) in [6.45, 7) is 5.63. The highest BCUT2D eigenvalue weighted by Crippen LogP contribution is 2.32. The Labute approximate surface area is 170 Å². The molecule has 1 atom stereocenters. The van der Waals surface area contributed by atoms with E-state index in [1.54, 1.807) is 6.92 Å². The number of aryl methyl sites for hydroxylation is 2. The number of hydrogen-bond donors (Lipinski definition) is 3. The lowest BCUT2D eigenvalue weighted by atomic mass is 9.89. The molecule has 1 aliphatic heterocycles. The third kappa shape index (κ3) is 4.41. The minimum atomic E-state index is -1.23. The molecule has 6 amide bonds. The number of fused-ring (bicyclic) bond motifs is 1. The standard InChI is InChI=1S/C21H28N4O4/c1-13(2)9-10-22-19(28)23-17(26)12-25-18(27)21(3,24-20(25)29)16-8-7-14-5-4-6-15(14)11-16/h7-8,11,13H,4-6,9-10,12H2,1-3H3,(H,24,29)(H2,22,23,26,28)/t21-/m0/s1. The molecule has 1 heterocycles. The molecule has 8 heteroatoms. The maximum Gasteiger partial charge on any atom is 0.325 e. The van der Waals surface area contributed by atoms with E-state index in [-0.39, 0.29) is 0 Å². The Hall–Kier alpha value is -2.90. The highest BCUT2D eigenvalue weighted by atomic mass is 16.2. The number of carbonyl (C=O) groups is 4. The Balaban J connectivity index is 1.63. The van der Waals surface area contributed by atoms with Crippen LogP contribution in [0.3, 0.4) is 0 Å². The van der Waals surface area contributed by atoms with E-state index >= 15 is 0 Å². The maximum atomic E-state index is 13.0. The second-order valence-corrected chi connectivity index (χ2v) is 8.27. The van der Waals surface area contributed by atoms with E-state index in [2.05, 4.69) is 16.0 Å². The number of rotatable bonds is 6. The van der Waals surface area contributed by atoms with Gasteiger partial charge in [-0.3, -0.25) is 19.8 Å². The van der Waals surface area contributed by atoms with Crippen molar-refractivity contribution < 1.29 is 19.2 Å². The van der Waals surface area contributed by atoms with Gasteiger partial charge in [0.05, 0.1) is 0 Å². The molecule has 156 valence electrons. The van der Waals surface area contributed by atoms with Gasteiger partial charge in [-0.05, 0) is 55.2 Å². The fourth-order valence-corrected chi connectivity index (χ4v) is 3.75. The number of hydrogen-bond acceptors (Lipinski definition) is 4. The molecule has 0 radical (unpaired) electrons. The highest BCUT2D eigenvalue weighted by Gasteiger charge is 2.49. The minimum Gasteiger partial charge on any atom is -0.338 e. The van der Waals surface area contributed by atoms with Gasteiger partial charge in [0, 0.05) is 6.54 Å². The Morgan fingerprint density at radius 1 is 1.21 bits per heavy atom. The predicted molar refractivity (Wildman–Crippen MR) is 107 cm³/mol. The van der Waals surface area contributed by atoms with Gasteiger partial charge in [0.1, 0.15) is 12.1 Å². The molecule has 3 rings (SSSR count). The largest absolute Gasteiger partial charge is 0.338 e. The molecule has 1 aliphatic carbocycles. The molecule has 1 saturated heterocycles. The van der Waals surface area contributed by atoms with Crippen LogP contribution in [-0.4, -0.2) is 41.9 Å².